The third-order valence-electron chi connectivity index (χ3n) is 2.82. The molecule has 1 amide bonds. The summed E-state index contributed by atoms with van der Waals surface area (Å²) >= 11 is 2.01. The molecule has 2 saturated heterocycles. The van der Waals surface area contributed by atoms with E-state index in [0.29, 0.717) is 6.54 Å². The van der Waals surface area contributed by atoms with Crippen LogP contribution in [0.4, 0.5) is 0 Å². The highest BCUT2D eigenvalue weighted by Gasteiger charge is 2.29. The molecule has 2 heterocycles. The lowest BCUT2D eigenvalue weighted by molar-refractivity contribution is -0.128. The Labute approximate surface area is 83.2 Å². The first kappa shape index (κ1) is 9.34. The number of hydrogen-bond donors (Lipinski definition) is 1. The number of rotatable bonds is 2. The third-order valence-corrected chi connectivity index (χ3v) is 4.05. The van der Waals surface area contributed by atoms with E-state index in [-0.39, 0.29) is 12.1 Å². The number of amides is 1. The Morgan fingerprint density at radius 1 is 1.69 bits per heavy atom. The van der Waals surface area contributed by atoms with E-state index in [1.807, 2.05) is 16.7 Å². The van der Waals surface area contributed by atoms with Gasteiger partial charge in [0.25, 0.3) is 0 Å². The first-order valence-corrected chi connectivity index (χ1v) is 6.03. The normalized spacial score (nSPS) is 34.5. The topological polar surface area (TPSA) is 32.3 Å². The maximum absolute atomic E-state index is 11.4. The van der Waals surface area contributed by atoms with Gasteiger partial charge in [-0.15, -0.1) is 0 Å². The molecule has 0 radical (unpaired) electrons. The van der Waals surface area contributed by atoms with Crippen molar-refractivity contribution in [2.75, 3.05) is 24.6 Å². The predicted octanol–water partition coefficient (Wildman–Crippen LogP) is 0.517. The Bertz CT molecular complexity index is 204. The molecule has 0 bridgehead atoms. The molecule has 0 aromatic rings. The van der Waals surface area contributed by atoms with Gasteiger partial charge in [-0.1, -0.05) is 0 Å². The molecule has 4 heteroatoms. The third kappa shape index (κ3) is 1.99. The molecule has 0 saturated carbocycles. The van der Waals surface area contributed by atoms with Crippen LogP contribution in [0.15, 0.2) is 0 Å². The fourth-order valence-electron chi connectivity index (χ4n) is 1.93. The summed E-state index contributed by atoms with van der Waals surface area (Å²) in [4.78, 5) is 13.4. The van der Waals surface area contributed by atoms with Gasteiger partial charge in [0.1, 0.15) is 0 Å². The highest BCUT2D eigenvalue weighted by molar-refractivity contribution is 7.99. The summed E-state index contributed by atoms with van der Waals surface area (Å²) in [6.45, 7) is 3.55. The molecule has 13 heavy (non-hydrogen) atoms. The second kappa shape index (κ2) is 3.88. The van der Waals surface area contributed by atoms with Crippen molar-refractivity contribution in [3.8, 4) is 0 Å². The van der Waals surface area contributed by atoms with Gasteiger partial charge in [-0.05, 0) is 30.8 Å². The van der Waals surface area contributed by atoms with E-state index < -0.39 is 0 Å². The summed E-state index contributed by atoms with van der Waals surface area (Å²) < 4.78 is 0. The summed E-state index contributed by atoms with van der Waals surface area (Å²) in [5, 5.41) is 3.16. The molecule has 3 nitrogen and oxygen atoms in total. The van der Waals surface area contributed by atoms with Gasteiger partial charge in [0.2, 0.25) is 5.91 Å². The lowest BCUT2D eigenvalue weighted by atomic mass is 10.1. The van der Waals surface area contributed by atoms with Crippen molar-refractivity contribution in [3.05, 3.63) is 0 Å². The maximum atomic E-state index is 11.4. The first-order valence-electron chi connectivity index (χ1n) is 4.88. The zero-order valence-corrected chi connectivity index (χ0v) is 8.77. The minimum absolute atomic E-state index is 0.248. The fraction of sp³-hybridized carbons (Fsp3) is 0.889. The Morgan fingerprint density at radius 2 is 2.54 bits per heavy atom. The van der Waals surface area contributed by atoms with Crippen LogP contribution in [0.2, 0.25) is 0 Å². The van der Waals surface area contributed by atoms with Crippen molar-refractivity contribution in [2.24, 2.45) is 5.92 Å². The van der Waals surface area contributed by atoms with Crippen molar-refractivity contribution >= 4 is 17.7 Å². The molecule has 0 aliphatic carbocycles. The molecule has 2 atom stereocenters. The minimum atomic E-state index is 0.248. The van der Waals surface area contributed by atoms with Crippen molar-refractivity contribution < 1.29 is 4.79 Å². The lowest BCUT2D eigenvalue weighted by Gasteiger charge is -2.23. The van der Waals surface area contributed by atoms with Crippen LogP contribution in [-0.2, 0) is 4.79 Å². The molecule has 1 N–H and O–H groups in total. The van der Waals surface area contributed by atoms with E-state index in [1.54, 1.807) is 0 Å². The number of hydrogen-bond acceptors (Lipinski definition) is 3. The van der Waals surface area contributed by atoms with Gasteiger partial charge >= 0.3 is 0 Å². The van der Waals surface area contributed by atoms with Gasteiger partial charge in [-0.25, -0.2) is 0 Å². The summed E-state index contributed by atoms with van der Waals surface area (Å²) in [5.41, 5.74) is 0. The van der Waals surface area contributed by atoms with Crippen molar-refractivity contribution in [1.82, 2.24) is 10.2 Å². The molecular formula is C9H16N2OS. The van der Waals surface area contributed by atoms with Gasteiger partial charge < -0.3 is 4.90 Å². The molecule has 2 rings (SSSR count). The number of carbonyl (C=O) groups excluding carboxylic acids is 1. The van der Waals surface area contributed by atoms with E-state index in [0.717, 1.165) is 12.5 Å². The van der Waals surface area contributed by atoms with E-state index in [2.05, 4.69) is 12.2 Å². The number of nitrogens with one attached hydrogen (secondary N) is 1. The van der Waals surface area contributed by atoms with E-state index in [1.165, 1.54) is 17.9 Å². The fourth-order valence-corrected chi connectivity index (χ4v) is 3.20. The number of thioether (sulfide) groups is 1. The van der Waals surface area contributed by atoms with Crippen LogP contribution in [0.5, 0.6) is 0 Å². The monoisotopic (exact) mass is 200 g/mol. The lowest BCUT2D eigenvalue weighted by Crippen LogP contribution is -2.38. The molecule has 2 fully saturated rings. The second-order valence-electron chi connectivity index (χ2n) is 3.83. The molecular weight excluding hydrogens is 184 g/mol. The Kier molecular flexibility index (Phi) is 2.79. The molecule has 0 aromatic carbocycles. The average molecular weight is 200 g/mol. The van der Waals surface area contributed by atoms with Gasteiger partial charge in [-0.2, -0.15) is 11.8 Å². The maximum Gasteiger partial charge on any atom is 0.237 e. The summed E-state index contributed by atoms with van der Waals surface area (Å²) in [6.07, 6.45) is 1.53. The van der Waals surface area contributed by atoms with Gasteiger partial charge in [-0.3, -0.25) is 10.1 Å². The van der Waals surface area contributed by atoms with Crippen LogP contribution >= 0.6 is 11.8 Å². The van der Waals surface area contributed by atoms with Crippen LogP contribution in [0, 0.1) is 5.92 Å². The summed E-state index contributed by atoms with van der Waals surface area (Å²) in [5.74, 6) is 3.51. The van der Waals surface area contributed by atoms with Crippen LogP contribution in [-0.4, -0.2) is 41.6 Å². The van der Waals surface area contributed by atoms with Crippen molar-refractivity contribution in [3.63, 3.8) is 0 Å². The zero-order valence-electron chi connectivity index (χ0n) is 7.95. The van der Waals surface area contributed by atoms with Gasteiger partial charge in [0.15, 0.2) is 0 Å². The van der Waals surface area contributed by atoms with E-state index in [9.17, 15) is 4.79 Å². The van der Waals surface area contributed by atoms with E-state index in [4.69, 9.17) is 0 Å². The molecule has 2 unspecified atom stereocenters. The Balaban J connectivity index is 1.88. The standard InChI is InChI=1S/C9H16N2OS/c1-7-10-4-9(12)11(7)5-8-2-3-13-6-8/h7-8,10H,2-6H2,1H3. The molecule has 0 spiro atoms. The quantitative estimate of drug-likeness (QED) is 0.705. The largest absolute Gasteiger partial charge is 0.326 e. The van der Waals surface area contributed by atoms with Crippen LogP contribution < -0.4 is 5.32 Å². The number of carbonyl (C=O) groups is 1. The van der Waals surface area contributed by atoms with Crippen molar-refractivity contribution in [1.29, 1.82) is 0 Å². The Morgan fingerprint density at radius 3 is 3.08 bits per heavy atom. The summed E-state index contributed by atoms with van der Waals surface area (Å²) in [7, 11) is 0. The van der Waals surface area contributed by atoms with Gasteiger partial charge in [0.05, 0.1) is 12.7 Å². The van der Waals surface area contributed by atoms with Crippen LogP contribution in [0.1, 0.15) is 13.3 Å². The smallest absolute Gasteiger partial charge is 0.237 e. The van der Waals surface area contributed by atoms with Crippen LogP contribution in [0.3, 0.4) is 0 Å². The van der Waals surface area contributed by atoms with Crippen LogP contribution in [0.25, 0.3) is 0 Å². The van der Waals surface area contributed by atoms with E-state index >= 15 is 0 Å². The second-order valence-corrected chi connectivity index (χ2v) is 4.98. The van der Waals surface area contributed by atoms with Gasteiger partial charge in [0, 0.05) is 6.54 Å². The van der Waals surface area contributed by atoms with Crippen molar-refractivity contribution in [2.45, 2.75) is 19.5 Å². The zero-order chi connectivity index (χ0) is 9.26. The minimum Gasteiger partial charge on any atom is -0.326 e. The first-order chi connectivity index (χ1) is 6.27. The molecule has 0 aromatic heterocycles. The highest BCUT2D eigenvalue weighted by Crippen LogP contribution is 2.25. The molecule has 74 valence electrons. The highest BCUT2D eigenvalue weighted by atomic mass is 32.2. The molecule has 2 aliphatic rings. The predicted molar refractivity (Wildman–Crippen MR) is 54.6 cm³/mol. The SMILES string of the molecule is CC1NCC(=O)N1CC1CCSC1. The summed E-state index contributed by atoms with van der Waals surface area (Å²) in [6, 6.07) is 0. The average Bonchev–Trinajstić information content (AvgIpc) is 2.70. The molecule has 2 aliphatic heterocycles. The Hall–Kier alpha value is -0.220. The number of nitrogens with zero attached hydrogens (tertiary/aromatic N) is 1.